The topological polar surface area (TPSA) is 106 Å². The molecule has 2 atom stereocenters. The molecule has 128 valence electrons. The predicted octanol–water partition coefficient (Wildman–Crippen LogP) is 1.35. The minimum absolute atomic E-state index is 0.0293. The molecule has 3 rings (SSSR count). The smallest absolute Gasteiger partial charge is 0.306 e. The highest BCUT2D eigenvalue weighted by atomic mass is 32.2. The van der Waals surface area contributed by atoms with E-state index < -0.39 is 21.9 Å². The molecule has 0 unspecified atom stereocenters. The van der Waals surface area contributed by atoms with Crippen LogP contribution in [0.5, 0.6) is 0 Å². The van der Waals surface area contributed by atoms with Crippen molar-refractivity contribution in [2.75, 3.05) is 11.5 Å². The Balaban J connectivity index is 1.69. The summed E-state index contributed by atoms with van der Waals surface area (Å²) in [5.41, 5.74) is 0.237. The Labute approximate surface area is 139 Å². The number of benzene rings is 1. The van der Waals surface area contributed by atoms with Crippen LogP contribution in [0.1, 0.15) is 31.7 Å². The number of para-hydroxylation sites is 1. The van der Waals surface area contributed by atoms with Crippen molar-refractivity contribution >= 4 is 26.7 Å². The molecule has 1 saturated heterocycles. The van der Waals surface area contributed by atoms with E-state index in [1.165, 1.54) is 0 Å². The Kier molecular flexibility index (Phi) is 4.40. The molecule has 1 aliphatic rings. The number of carbonyl (C=O) groups excluding carboxylic acids is 1. The molecule has 1 aromatic carbocycles. The van der Waals surface area contributed by atoms with E-state index in [1.54, 1.807) is 31.2 Å². The van der Waals surface area contributed by atoms with Crippen LogP contribution in [0, 0.1) is 5.92 Å². The summed E-state index contributed by atoms with van der Waals surface area (Å²) in [6.07, 6.45) is -0.175. The van der Waals surface area contributed by atoms with E-state index in [0.717, 1.165) is 0 Å². The van der Waals surface area contributed by atoms with Gasteiger partial charge in [-0.1, -0.05) is 12.1 Å². The zero-order valence-electron chi connectivity index (χ0n) is 13.2. The summed E-state index contributed by atoms with van der Waals surface area (Å²) < 4.78 is 28.2. The highest BCUT2D eigenvalue weighted by Gasteiger charge is 2.30. The molecule has 24 heavy (non-hydrogen) atoms. The molecule has 1 fully saturated rings. The van der Waals surface area contributed by atoms with Crippen LogP contribution in [0.2, 0.25) is 0 Å². The van der Waals surface area contributed by atoms with Crippen molar-refractivity contribution in [3.63, 3.8) is 0 Å². The van der Waals surface area contributed by atoms with Gasteiger partial charge < -0.3 is 9.72 Å². The number of hydrogen-bond donors (Lipinski definition) is 1. The number of nitrogens with zero attached hydrogens (tertiary/aromatic N) is 1. The Morgan fingerprint density at radius 2 is 2.17 bits per heavy atom. The third kappa shape index (κ3) is 3.64. The van der Waals surface area contributed by atoms with Crippen molar-refractivity contribution in [2.45, 2.75) is 25.9 Å². The maximum absolute atomic E-state index is 12.0. The minimum atomic E-state index is -3.02. The number of nitrogens with one attached hydrogen (secondary N) is 1. The summed E-state index contributed by atoms with van der Waals surface area (Å²) in [5, 5.41) is 0.468. The molecule has 0 aliphatic carbocycles. The number of hydrogen-bond acceptors (Lipinski definition) is 6. The van der Waals surface area contributed by atoms with Gasteiger partial charge >= 0.3 is 5.97 Å². The van der Waals surface area contributed by atoms with Gasteiger partial charge in [-0.25, -0.2) is 13.4 Å². The Hall–Kier alpha value is -2.22. The average molecular weight is 350 g/mol. The van der Waals surface area contributed by atoms with Crippen molar-refractivity contribution in [1.29, 1.82) is 0 Å². The van der Waals surface area contributed by atoms with Gasteiger partial charge in [-0.2, -0.15) is 0 Å². The van der Waals surface area contributed by atoms with Gasteiger partial charge in [0.25, 0.3) is 5.56 Å². The molecule has 0 bridgehead atoms. The molecule has 2 heterocycles. The number of fused-ring (bicyclic) bond motifs is 1. The maximum atomic E-state index is 12.0. The minimum Gasteiger partial charge on any atom is -0.454 e. The molecule has 0 radical (unpaired) electrons. The molecule has 8 heteroatoms. The van der Waals surface area contributed by atoms with E-state index >= 15 is 0 Å². The lowest BCUT2D eigenvalue weighted by Gasteiger charge is -2.14. The molecule has 0 amide bonds. The normalized spacial score (nSPS) is 20.8. The van der Waals surface area contributed by atoms with Crippen LogP contribution in [-0.2, 0) is 19.4 Å². The second kappa shape index (κ2) is 6.35. The summed E-state index contributed by atoms with van der Waals surface area (Å²) in [7, 11) is -3.02. The largest absolute Gasteiger partial charge is 0.454 e. The van der Waals surface area contributed by atoms with Gasteiger partial charge in [0.2, 0.25) is 0 Å². The summed E-state index contributed by atoms with van der Waals surface area (Å²) >= 11 is 0. The fourth-order valence-corrected chi connectivity index (χ4v) is 4.73. The van der Waals surface area contributed by atoms with Crippen molar-refractivity contribution < 1.29 is 17.9 Å². The molecular weight excluding hydrogens is 332 g/mol. The Morgan fingerprint density at radius 3 is 2.88 bits per heavy atom. The van der Waals surface area contributed by atoms with Crippen molar-refractivity contribution in [2.24, 2.45) is 5.92 Å². The van der Waals surface area contributed by atoms with Crippen LogP contribution in [-0.4, -0.2) is 35.9 Å². The first-order chi connectivity index (χ1) is 11.3. The molecule has 0 spiro atoms. The molecule has 7 nitrogen and oxygen atoms in total. The molecular formula is C16H18N2O5S. The number of esters is 1. The van der Waals surface area contributed by atoms with E-state index in [4.69, 9.17) is 4.74 Å². The van der Waals surface area contributed by atoms with Gasteiger partial charge in [0.05, 0.1) is 22.4 Å². The maximum Gasteiger partial charge on any atom is 0.306 e. The lowest BCUT2D eigenvalue weighted by Crippen LogP contribution is -2.19. The quantitative estimate of drug-likeness (QED) is 0.834. The molecule has 1 aromatic heterocycles. The van der Waals surface area contributed by atoms with E-state index in [1.807, 2.05) is 0 Å². The second-order valence-corrected chi connectivity index (χ2v) is 8.30. The first-order valence-electron chi connectivity index (χ1n) is 7.73. The average Bonchev–Trinajstić information content (AvgIpc) is 2.85. The standard InChI is InChI=1S/C16H18N2O5S/c1-10(23-14(19)8-11-6-7-24(21,22)9-11)15-17-13-5-3-2-4-12(13)16(20)18-15/h2-5,10-11H,6-9H2,1H3,(H,17,18,20)/t10-,11-/m0/s1. The van der Waals surface area contributed by atoms with Crippen LogP contribution >= 0.6 is 0 Å². The molecule has 1 aliphatic heterocycles. The molecule has 2 aromatic rings. The van der Waals surface area contributed by atoms with Crippen molar-refractivity contribution in [3.8, 4) is 0 Å². The summed E-state index contributed by atoms with van der Waals surface area (Å²) in [5.74, 6) is -0.258. The summed E-state index contributed by atoms with van der Waals surface area (Å²) in [4.78, 5) is 31.0. The zero-order chi connectivity index (χ0) is 17.3. The number of rotatable bonds is 4. The zero-order valence-corrected chi connectivity index (χ0v) is 14.0. The van der Waals surface area contributed by atoms with E-state index in [-0.39, 0.29) is 35.2 Å². The highest BCUT2D eigenvalue weighted by molar-refractivity contribution is 7.91. The lowest BCUT2D eigenvalue weighted by atomic mass is 10.1. The van der Waals surface area contributed by atoms with E-state index in [0.29, 0.717) is 17.3 Å². The predicted molar refractivity (Wildman–Crippen MR) is 88.2 cm³/mol. The van der Waals surface area contributed by atoms with Gasteiger partial charge in [-0.15, -0.1) is 0 Å². The number of aromatic nitrogens is 2. The second-order valence-electron chi connectivity index (χ2n) is 6.07. The summed E-state index contributed by atoms with van der Waals surface area (Å²) in [6, 6.07) is 6.90. The monoisotopic (exact) mass is 350 g/mol. The summed E-state index contributed by atoms with van der Waals surface area (Å²) in [6.45, 7) is 1.62. The van der Waals surface area contributed by atoms with Crippen LogP contribution in [0.3, 0.4) is 0 Å². The first kappa shape index (κ1) is 16.6. The Morgan fingerprint density at radius 1 is 1.42 bits per heavy atom. The first-order valence-corrected chi connectivity index (χ1v) is 9.55. The van der Waals surface area contributed by atoms with Gasteiger partial charge in [0, 0.05) is 6.42 Å². The Bertz CT molecular complexity index is 935. The molecule has 1 N–H and O–H groups in total. The molecule has 0 saturated carbocycles. The lowest BCUT2D eigenvalue weighted by molar-refractivity contribution is -0.149. The van der Waals surface area contributed by atoms with E-state index in [2.05, 4.69) is 9.97 Å². The number of sulfone groups is 1. The van der Waals surface area contributed by atoms with Crippen molar-refractivity contribution in [3.05, 3.63) is 40.4 Å². The van der Waals surface area contributed by atoms with Crippen LogP contribution in [0.4, 0.5) is 0 Å². The third-order valence-corrected chi connectivity index (χ3v) is 5.94. The van der Waals surface area contributed by atoms with Gasteiger partial charge in [0.15, 0.2) is 21.8 Å². The van der Waals surface area contributed by atoms with Crippen LogP contribution in [0.15, 0.2) is 29.1 Å². The third-order valence-electron chi connectivity index (χ3n) is 4.11. The van der Waals surface area contributed by atoms with E-state index in [9.17, 15) is 18.0 Å². The van der Waals surface area contributed by atoms with Crippen LogP contribution in [0.25, 0.3) is 10.9 Å². The number of carbonyl (C=O) groups is 1. The van der Waals surface area contributed by atoms with Gasteiger partial charge in [-0.05, 0) is 31.4 Å². The number of H-pyrrole nitrogens is 1. The SMILES string of the molecule is C[C@H](OC(=O)C[C@@H]1CCS(=O)(=O)C1)c1nc2ccccc2c(=O)[nH]1. The fourth-order valence-electron chi connectivity index (χ4n) is 2.87. The number of aromatic amines is 1. The van der Waals surface area contributed by atoms with Gasteiger partial charge in [-0.3, -0.25) is 9.59 Å². The van der Waals surface area contributed by atoms with Crippen molar-refractivity contribution in [1.82, 2.24) is 9.97 Å². The number of ether oxygens (including phenoxy) is 1. The fraction of sp³-hybridized carbons (Fsp3) is 0.438. The highest BCUT2D eigenvalue weighted by Crippen LogP contribution is 2.23. The van der Waals surface area contributed by atoms with Crippen LogP contribution < -0.4 is 5.56 Å². The van der Waals surface area contributed by atoms with Gasteiger partial charge in [0.1, 0.15) is 0 Å².